The Hall–Kier alpha value is -0.520. The van der Waals surface area contributed by atoms with Gasteiger partial charge in [-0.2, -0.15) is 0 Å². The summed E-state index contributed by atoms with van der Waals surface area (Å²) < 4.78 is 0. The Kier molecular flexibility index (Phi) is 4.88. The zero-order valence-electron chi connectivity index (χ0n) is 8.55. The molecule has 0 bridgehead atoms. The highest BCUT2D eigenvalue weighted by Crippen LogP contribution is 2.29. The Morgan fingerprint density at radius 3 is 2.85 bits per heavy atom. The van der Waals surface area contributed by atoms with Crippen molar-refractivity contribution < 1.29 is 0 Å². The highest BCUT2D eigenvalue weighted by Gasteiger charge is 2.23. The third kappa shape index (κ3) is 4.92. The van der Waals surface area contributed by atoms with Gasteiger partial charge in [0.05, 0.1) is 6.54 Å². The Morgan fingerprint density at radius 1 is 1.54 bits per heavy atom. The highest BCUT2D eigenvalue weighted by atomic mass is 15.1. The van der Waals surface area contributed by atoms with Crippen LogP contribution in [0.1, 0.15) is 19.8 Å². The van der Waals surface area contributed by atoms with Crippen molar-refractivity contribution in [2.24, 2.45) is 5.92 Å². The van der Waals surface area contributed by atoms with E-state index in [1.54, 1.807) is 0 Å². The molecule has 0 aromatic heterocycles. The number of rotatable bonds is 7. The van der Waals surface area contributed by atoms with Crippen LogP contribution in [0, 0.1) is 18.3 Å². The van der Waals surface area contributed by atoms with Crippen LogP contribution in [0.5, 0.6) is 0 Å². The van der Waals surface area contributed by atoms with Gasteiger partial charge < -0.3 is 10.2 Å². The summed E-state index contributed by atoms with van der Waals surface area (Å²) in [5.41, 5.74) is 0. The minimum atomic E-state index is 0.695. The zero-order chi connectivity index (χ0) is 9.52. The summed E-state index contributed by atoms with van der Waals surface area (Å²) in [6.45, 7) is 7.52. The highest BCUT2D eigenvalue weighted by molar-refractivity contribution is 4.86. The minimum Gasteiger partial charge on any atom is -0.305 e. The summed E-state index contributed by atoms with van der Waals surface area (Å²) >= 11 is 0. The molecule has 1 fully saturated rings. The maximum Gasteiger partial charge on any atom is 0.0574 e. The Labute approximate surface area is 81.7 Å². The fraction of sp³-hybridized carbons (Fsp3) is 0.818. The van der Waals surface area contributed by atoms with Crippen molar-refractivity contribution in [2.45, 2.75) is 19.8 Å². The van der Waals surface area contributed by atoms with E-state index < -0.39 is 0 Å². The summed E-state index contributed by atoms with van der Waals surface area (Å²) in [6.07, 6.45) is 8.02. The van der Waals surface area contributed by atoms with Gasteiger partial charge in [-0.15, -0.1) is 6.42 Å². The molecule has 0 atom stereocenters. The van der Waals surface area contributed by atoms with E-state index in [1.165, 1.54) is 19.4 Å². The van der Waals surface area contributed by atoms with Crippen molar-refractivity contribution in [3.63, 3.8) is 0 Å². The van der Waals surface area contributed by atoms with Crippen molar-refractivity contribution in [3.05, 3.63) is 0 Å². The first-order valence-electron chi connectivity index (χ1n) is 5.23. The fourth-order valence-electron chi connectivity index (χ4n) is 1.44. The first-order valence-corrected chi connectivity index (χ1v) is 5.23. The van der Waals surface area contributed by atoms with Crippen molar-refractivity contribution in [3.8, 4) is 12.3 Å². The molecule has 2 nitrogen and oxygen atoms in total. The first kappa shape index (κ1) is 10.6. The van der Waals surface area contributed by atoms with Gasteiger partial charge in [0.2, 0.25) is 0 Å². The van der Waals surface area contributed by atoms with E-state index in [9.17, 15) is 0 Å². The van der Waals surface area contributed by atoms with E-state index in [2.05, 4.69) is 23.1 Å². The second-order valence-electron chi connectivity index (χ2n) is 3.72. The SMILES string of the molecule is C#CCNCCN(CC)CC1CC1. The quantitative estimate of drug-likeness (QED) is 0.463. The van der Waals surface area contributed by atoms with Crippen molar-refractivity contribution >= 4 is 0 Å². The fourth-order valence-corrected chi connectivity index (χ4v) is 1.44. The zero-order valence-corrected chi connectivity index (χ0v) is 8.55. The normalized spacial score (nSPS) is 16.1. The lowest BCUT2D eigenvalue weighted by atomic mass is 10.3. The third-order valence-electron chi connectivity index (χ3n) is 2.49. The third-order valence-corrected chi connectivity index (χ3v) is 2.49. The molecular weight excluding hydrogens is 160 g/mol. The van der Waals surface area contributed by atoms with Crippen LogP contribution in [0.3, 0.4) is 0 Å². The predicted octanol–water partition coefficient (Wildman–Crippen LogP) is 0.941. The molecule has 0 heterocycles. The van der Waals surface area contributed by atoms with Crippen LogP contribution in [-0.2, 0) is 0 Å². The molecule has 0 aliphatic heterocycles. The largest absolute Gasteiger partial charge is 0.305 e. The molecule has 0 amide bonds. The maximum absolute atomic E-state index is 5.14. The number of nitrogens with one attached hydrogen (secondary N) is 1. The molecule has 74 valence electrons. The standard InChI is InChI=1S/C11H20N2/c1-3-7-12-8-9-13(4-2)10-11-5-6-11/h1,11-12H,4-10H2,2H3. The molecule has 13 heavy (non-hydrogen) atoms. The van der Waals surface area contributed by atoms with E-state index in [-0.39, 0.29) is 0 Å². The number of hydrogen-bond acceptors (Lipinski definition) is 2. The van der Waals surface area contributed by atoms with E-state index in [1.807, 2.05) is 0 Å². The van der Waals surface area contributed by atoms with Gasteiger partial charge in [0.15, 0.2) is 0 Å². The summed E-state index contributed by atoms with van der Waals surface area (Å²) in [4.78, 5) is 2.50. The number of likely N-dealkylation sites (N-methyl/N-ethyl adjacent to an activating group) is 1. The van der Waals surface area contributed by atoms with Gasteiger partial charge in [0.1, 0.15) is 0 Å². The van der Waals surface area contributed by atoms with Crippen LogP contribution in [0.25, 0.3) is 0 Å². The molecule has 1 aliphatic rings. The van der Waals surface area contributed by atoms with Crippen LogP contribution in [0.4, 0.5) is 0 Å². The van der Waals surface area contributed by atoms with E-state index in [0.717, 1.165) is 25.6 Å². The van der Waals surface area contributed by atoms with E-state index >= 15 is 0 Å². The molecular formula is C11H20N2. The Bertz CT molecular complexity index is 167. The monoisotopic (exact) mass is 180 g/mol. The van der Waals surface area contributed by atoms with E-state index in [4.69, 9.17) is 6.42 Å². The average molecular weight is 180 g/mol. The lowest BCUT2D eigenvalue weighted by Crippen LogP contribution is -2.33. The lowest BCUT2D eigenvalue weighted by Gasteiger charge is -2.19. The molecule has 1 aliphatic carbocycles. The molecule has 1 N–H and O–H groups in total. The van der Waals surface area contributed by atoms with Gasteiger partial charge in [-0.1, -0.05) is 12.8 Å². The second kappa shape index (κ2) is 6.01. The van der Waals surface area contributed by atoms with Crippen molar-refractivity contribution in [1.29, 1.82) is 0 Å². The van der Waals surface area contributed by atoms with E-state index in [0.29, 0.717) is 6.54 Å². The van der Waals surface area contributed by atoms with Gasteiger partial charge in [0, 0.05) is 19.6 Å². The van der Waals surface area contributed by atoms with Gasteiger partial charge in [0.25, 0.3) is 0 Å². The molecule has 0 spiro atoms. The maximum atomic E-state index is 5.14. The average Bonchev–Trinajstić information content (AvgIpc) is 2.94. The number of nitrogens with zero attached hydrogens (tertiary/aromatic N) is 1. The van der Waals surface area contributed by atoms with Crippen molar-refractivity contribution in [1.82, 2.24) is 10.2 Å². The van der Waals surface area contributed by atoms with Crippen molar-refractivity contribution in [2.75, 3.05) is 32.7 Å². The summed E-state index contributed by atoms with van der Waals surface area (Å²) in [7, 11) is 0. The first-order chi connectivity index (χ1) is 6.36. The number of terminal acetylenes is 1. The molecule has 0 aromatic rings. The molecule has 1 saturated carbocycles. The Morgan fingerprint density at radius 2 is 2.31 bits per heavy atom. The topological polar surface area (TPSA) is 15.3 Å². The smallest absolute Gasteiger partial charge is 0.0574 e. The summed E-state index contributed by atoms with van der Waals surface area (Å²) in [5, 5.41) is 3.22. The van der Waals surface area contributed by atoms with Gasteiger partial charge in [-0.3, -0.25) is 0 Å². The van der Waals surface area contributed by atoms with Crippen LogP contribution >= 0.6 is 0 Å². The summed E-state index contributed by atoms with van der Waals surface area (Å²) in [5.74, 6) is 3.58. The molecule has 0 unspecified atom stereocenters. The molecule has 0 saturated heterocycles. The molecule has 0 radical (unpaired) electrons. The predicted molar refractivity (Wildman–Crippen MR) is 56.5 cm³/mol. The minimum absolute atomic E-state index is 0.695. The Balaban J connectivity index is 1.98. The summed E-state index contributed by atoms with van der Waals surface area (Å²) in [6, 6.07) is 0. The van der Waals surface area contributed by atoms with Gasteiger partial charge in [-0.05, 0) is 25.3 Å². The van der Waals surface area contributed by atoms with Crippen LogP contribution in [0.15, 0.2) is 0 Å². The van der Waals surface area contributed by atoms with Gasteiger partial charge >= 0.3 is 0 Å². The van der Waals surface area contributed by atoms with Gasteiger partial charge in [-0.25, -0.2) is 0 Å². The van der Waals surface area contributed by atoms with Crippen LogP contribution in [-0.4, -0.2) is 37.6 Å². The molecule has 1 rings (SSSR count). The second-order valence-corrected chi connectivity index (χ2v) is 3.72. The van der Waals surface area contributed by atoms with Crippen LogP contribution in [0.2, 0.25) is 0 Å². The number of hydrogen-bond donors (Lipinski definition) is 1. The lowest BCUT2D eigenvalue weighted by molar-refractivity contribution is 0.277. The molecule has 0 aromatic carbocycles. The van der Waals surface area contributed by atoms with Crippen LogP contribution < -0.4 is 5.32 Å². The molecule has 2 heteroatoms.